The number of nitrogens with one attached hydrogen (secondary N) is 2. The molecular weight excluding hydrogens is 658 g/mol. The van der Waals surface area contributed by atoms with E-state index < -0.39 is 0 Å². The van der Waals surface area contributed by atoms with E-state index in [0.29, 0.717) is 17.7 Å². The lowest BCUT2D eigenvalue weighted by molar-refractivity contribution is -0.122. The van der Waals surface area contributed by atoms with Crippen molar-refractivity contribution in [1.82, 2.24) is 15.4 Å². The van der Waals surface area contributed by atoms with Crippen molar-refractivity contribution in [1.29, 1.82) is 0 Å². The second-order valence-corrected chi connectivity index (χ2v) is 11.7. The third kappa shape index (κ3) is 5.98. The van der Waals surface area contributed by atoms with Crippen LogP contribution in [0.5, 0.6) is 0 Å². The van der Waals surface area contributed by atoms with E-state index in [0.717, 1.165) is 42.1 Å². The fraction of sp³-hybridized carbons (Fsp3) is 0.0909. The van der Waals surface area contributed by atoms with Gasteiger partial charge in [0.05, 0.1) is 23.5 Å². The predicted molar refractivity (Wildman–Crippen MR) is 175 cm³/mol. The van der Waals surface area contributed by atoms with E-state index in [2.05, 4.69) is 47.4 Å². The van der Waals surface area contributed by atoms with Crippen LogP contribution in [0.15, 0.2) is 127 Å². The zero-order valence-corrected chi connectivity index (χ0v) is 25.5. The number of hydrogen-bond donors (Lipinski definition) is 2. The molecular formula is C33H25Br2N5O2. The van der Waals surface area contributed by atoms with Crippen molar-refractivity contribution in [3.05, 3.63) is 139 Å². The highest BCUT2D eigenvalue weighted by Crippen LogP contribution is 2.37. The highest BCUT2D eigenvalue weighted by molar-refractivity contribution is 9.10. The molecule has 1 aliphatic heterocycles. The molecule has 0 unspecified atom stereocenters. The molecule has 0 saturated heterocycles. The largest absolute Gasteiger partial charge is 0.321 e. The number of nitrogens with zero attached hydrogens (tertiary/aromatic N) is 3. The Labute approximate surface area is 259 Å². The van der Waals surface area contributed by atoms with Gasteiger partial charge in [-0.05, 0) is 47.0 Å². The molecule has 9 heteroatoms. The standard InChI is InChI=1S/C33H25Br2N5O2/c34-24-13-11-21(12-14-24)19-36-38-30(41)20-40-29(22-7-3-1-4-8-22)18-28(39-40)32-31(23-9-5-2-6-10-23)26-17-25(35)15-16-27(26)37-33(32)42/h1-17,19,29H,18,20H2,(H,37,42)(H,38,41)/b36-19-/t29-/m1/s1. The fourth-order valence-corrected chi connectivity index (χ4v) is 5.80. The van der Waals surface area contributed by atoms with Crippen molar-refractivity contribution in [2.75, 3.05) is 6.54 Å². The van der Waals surface area contributed by atoms with E-state index in [1.165, 1.54) is 0 Å². The molecule has 0 radical (unpaired) electrons. The lowest BCUT2D eigenvalue weighted by atomic mass is 9.91. The number of carbonyl (C=O) groups is 1. The van der Waals surface area contributed by atoms with Gasteiger partial charge in [-0.3, -0.25) is 14.6 Å². The van der Waals surface area contributed by atoms with E-state index in [4.69, 9.17) is 5.10 Å². The number of rotatable bonds is 7. The lowest BCUT2D eigenvalue weighted by Crippen LogP contribution is -2.32. The third-order valence-electron chi connectivity index (χ3n) is 7.09. The number of amides is 1. The summed E-state index contributed by atoms with van der Waals surface area (Å²) in [4.78, 5) is 29.8. The minimum atomic E-state index is -0.311. The predicted octanol–water partition coefficient (Wildman–Crippen LogP) is 7.02. The number of H-pyrrole nitrogens is 1. The van der Waals surface area contributed by atoms with Crippen molar-refractivity contribution >= 4 is 60.6 Å². The number of hydrazone groups is 2. The van der Waals surface area contributed by atoms with Crippen molar-refractivity contribution < 1.29 is 4.79 Å². The number of benzene rings is 4. The maximum atomic E-state index is 13.7. The topological polar surface area (TPSA) is 89.9 Å². The molecule has 2 heterocycles. The number of hydrogen-bond acceptors (Lipinski definition) is 5. The molecule has 1 aliphatic rings. The summed E-state index contributed by atoms with van der Waals surface area (Å²) in [5.41, 5.74) is 7.85. The zero-order valence-electron chi connectivity index (χ0n) is 22.3. The van der Waals surface area contributed by atoms with E-state index in [1.54, 1.807) is 11.2 Å². The summed E-state index contributed by atoms with van der Waals surface area (Å²) in [7, 11) is 0. The average molecular weight is 683 g/mol. The van der Waals surface area contributed by atoms with Crippen LogP contribution >= 0.6 is 31.9 Å². The minimum absolute atomic E-state index is 0.0293. The van der Waals surface area contributed by atoms with Crippen LogP contribution < -0.4 is 11.0 Å². The number of aromatic amines is 1. The normalized spacial score (nSPS) is 14.9. The van der Waals surface area contributed by atoms with Crippen molar-refractivity contribution in [2.24, 2.45) is 10.2 Å². The highest BCUT2D eigenvalue weighted by atomic mass is 79.9. The molecule has 1 atom stereocenters. The van der Waals surface area contributed by atoms with Gasteiger partial charge in [-0.1, -0.05) is 105 Å². The molecule has 0 bridgehead atoms. The average Bonchev–Trinajstić information content (AvgIpc) is 3.41. The van der Waals surface area contributed by atoms with Gasteiger partial charge in [0, 0.05) is 31.8 Å². The molecule has 7 nitrogen and oxygen atoms in total. The number of aromatic nitrogens is 1. The van der Waals surface area contributed by atoms with Gasteiger partial charge < -0.3 is 4.98 Å². The lowest BCUT2D eigenvalue weighted by Gasteiger charge is -2.22. The first kappa shape index (κ1) is 27.8. The number of carbonyl (C=O) groups excluding carboxylic acids is 1. The van der Waals surface area contributed by atoms with Gasteiger partial charge in [0.15, 0.2) is 0 Å². The van der Waals surface area contributed by atoms with Crippen LogP contribution in [-0.4, -0.2) is 34.4 Å². The van der Waals surface area contributed by atoms with Crippen LogP contribution in [0.4, 0.5) is 0 Å². The van der Waals surface area contributed by atoms with E-state index >= 15 is 0 Å². The summed E-state index contributed by atoms with van der Waals surface area (Å²) < 4.78 is 1.87. The molecule has 2 N–H and O–H groups in total. The summed E-state index contributed by atoms with van der Waals surface area (Å²) in [5, 5.41) is 11.7. The van der Waals surface area contributed by atoms with Crippen molar-refractivity contribution in [2.45, 2.75) is 12.5 Å². The first-order chi connectivity index (χ1) is 20.5. The number of halogens is 2. The monoisotopic (exact) mass is 681 g/mol. The van der Waals surface area contributed by atoms with Gasteiger partial charge in [0.25, 0.3) is 11.5 Å². The highest BCUT2D eigenvalue weighted by Gasteiger charge is 2.33. The van der Waals surface area contributed by atoms with Gasteiger partial charge in [0.1, 0.15) is 6.54 Å². The summed E-state index contributed by atoms with van der Waals surface area (Å²) >= 11 is 7.01. The van der Waals surface area contributed by atoms with E-state index in [-0.39, 0.29) is 24.1 Å². The molecule has 208 valence electrons. The Kier molecular flexibility index (Phi) is 8.12. The van der Waals surface area contributed by atoms with Crippen molar-refractivity contribution in [3.8, 4) is 11.1 Å². The summed E-state index contributed by atoms with van der Waals surface area (Å²) in [6.45, 7) is -0.0293. The second-order valence-electron chi connectivity index (χ2n) is 9.88. The maximum Gasteiger partial charge on any atom is 0.261 e. The van der Waals surface area contributed by atoms with Gasteiger partial charge in [-0.2, -0.15) is 10.2 Å². The number of fused-ring (bicyclic) bond motifs is 1. The van der Waals surface area contributed by atoms with Gasteiger partial charge in [-0.15, -0.1) is 0 Å². The van der Waals surface area contributed by atoms with Crippen LogP contribution in [-0.2, 0) is 4.79 Å². The number of pyridine rings is 1. The fourth-order valence-electron chi connectivity index (χ4n) is 5.17. The third-order valence-corrected chi connectivity index (χ3v) is 8.11. The Morgan fingerprint density at radius 1 is 0.929 bits per heavy atom. The molecule has 1 aromatic heterocycles. The molecule has 4 aromatic carbocycles. The molecule has 1 amide bonds. The molecule has 0 aliphatic carbocycles. The van der Waals surface area contributed by atoms with Gasteiger partial charge in [-0.25, -0.2) is 5.43 Å². The SMILES string of the molecule is O=C(CN1N=C(c2c(-c3ccccc3)c3cc(Br)ccc3[nH]c2=O)C[C@@H]1c1ccccc1)N/N=C\c1ccc(Br)cc1. The van der Waals surface area contributed by atoms with Gasteiger partial charge >= 0.3 is 0 Å². The Morgan fingerprint density at radius 2 is 1.62 bits per heavy atom. The molecule has 0 fully saturated rings. The quantitative estimate of drug-likeness (QED) is 0.143. The van der Waals surface area contributed by atoms with Crippen LogP contribution in [0.25, 0.3) is 22.0 Å². The Balaban J connectivity index is 1.38. The van der Waals surface area contributed by atoms with Crippen LogP contribution in [0.1, 0.15) is 29.2 Å². The zero-order chi connectivity index (χ0) is 29.1. The van der Waals surface area contributed by atoms with Crippen LogP contribution in [0.2, 0.25) is 0 Å². The first-order valence-electron chi connectivity index (χ1n) is 13.3. The van der Waals surface area contributed by atoms with Crippen LogP contribution in [0.3, 0.4) is 0 Å². The minimum Gasteiger partial charge on any atom is -0.321 e. The Hall–Kier alpha value is -4.34. The molecule has 6 rings (SSSR count). The summed E-state index contributed by atoms with van der Waals surface area (Å²) in [5.74, 6) is -0.311. The maximum absolute atomic E-state index is 13.7. The Bertz CT molecular complexity index is 1870. The smallest absolute Gasteiger partial charge is 0.261 e. The van der Waals surface area contributed by atoms with E-state index in [9.17, 15) is 9.59 Å². The molecule has 5 aromatic rings. The summed E-state index contributed by atoms with van der Waals surface area (Å²) in [6, 6.07) is 32.9. The molecule has 0 saturated carbocycles. The Morgan fingerprint density at radius 3 is 2.36 bits per heavy atom. The molecule has 42 heavy (non-hydrogen) atoms. The summed E-state index contributed by atoms with van der Waals surface area (Å²) in [6.07, 6.45) is 2.05. The van der Waals surface area contributed by atoms with Crippen molar-refractivity contribution in [3.63, 3.8) is 0 Å². The second kappa shape index (κ2) is 12.3. The van der Waals surface area contributed by atoms with E-state index in [1.807, 2.05) is 103 Å². The van der Waals surface area contributed by atoms with Crippen LogP contribution in [0, 0.1) is 0 Å². The van der Waals surface area contributed by atoms with Gasteiger partial charge in [0.2, 0.25) is 0 Å². The first-order valence-corrected chi connectivity index (χ1v) is 14.9. The molecule has 0 spiro atoms.